The summed E-state index contributed by atoms with van der Waals surface area (Å²) in [6.07, 6.45) is 0.435. The van der Waals surface area contributed by atoms with Crippen LogP contribution in [0.5, 0.6) is 5.75 Å². The molecule has 0 unspecified atom stereocenters. The van der Waals surface area contributed by atoms with Gasteiger partial charge in [-0.3, -0.25) is 4.79 Å². The highest BCUT2D eigenvalue weighted by Crippen LogP contribution is 2.29. The Labute approximate surface area is 111 Å². The fraction of sp³-hybridized carbons (Fsp3) is 0.188. The minimum absolute atomic E-state index is 0.0464. The van der Waals surface area contributed by atoms with Crippen LogP contribution in [0.1, 0.15) is 23.7 Å². The van der Waals surface area contributed by atoms with Gasteiger partial charge in [-0.15, -0.1) is 0 Å². The first-order valence-electron chi connectivity index (χ1n) is 6.13. The number of rotatable bonds is 4. The van der Waals surface area contributed by atoms with Crippen molar-refractivity contribution in [3.63, 3.8) is 0 Å². The molecule has 2 nitrogen and oxygen atoms in total. The Morgan fingerprint density at radius 1 is 1.21 bits per heavy atom. The third-order valence-electron chi connectivity index (χ3n) is 3.00. The van der Waals surface area contributed by atoms with Crippen molar-refractivity contribution in [1.29, 1.82) is 0 Å². The van der Waals surface area contributed by atoms with E-state index >= 15 is 0 Å². The predicted octanol–water partition coefficient (Wildman–Crippen LogP) is 4.09. The molecule has 2 rings (SSSR count). The van der Waals surface area contributed by atoms with Crippen LogP contribution in [0.3, 0.4) is 0 Å². The van der Waals surface area contributed by atoms with Gasteiger partial charge in [0.1, 0.15) is 0 Å². The van der Waals surface area contributed by atoms with E-state index in [9.17, 15) is 9.18 Å². The molecule has 0 radical (unpaired) electrons. The Balaban J connectivity index is 2.50. The van der Waals surface area contributed by atoms with Crippen LogP contribution >= 0.6 is 0 Å². The minimum atomic E-state index is -0.411. The maximum absolute atomic E-state index is 14.2. The van der Waals surface area contributed by atoms with Gasteiger partial charge in [0.15, 0.2) is 17.3 Å². The van der Waals surface area contributed by atoms with Gasteiger partial charge in [0, 0.05) is 17.5 Å². The van der Waals surface area contributed by atoms with E-state index in [1.807, 2.05) is 0 Å². The number of carbonyl (C=O) groups excluding carboxylic acids is 1. The van der Waals surface area contributed by atoms with E-state index in [1.165, 1.54) is 7.11 Å². The number of hydrogen-bond acceptors (Lipinski definition) is 2. The van der Waals surface area contributed by atoms with Crippen molar-refractivity contribution >= 4 is 5.78 Å². The molecule has 0 aliphatic carbocycles. The predicted molar refractivity (Wildman–Crippen MR) is 73.0 cm³/mol. The lowest BCUT2D eigenvalue weighted by Gasteiger charge is -2.08. The zero-order chi connectivity index (χ0) is 13.8. The average molecular weight is 258 g/mol. The molecule has 0 saturated carbocycles. The molecule has 0 atom stereocenters. The number of carbonyl (C=O) groups is 1. The molecule has 0 amide bonds. The Kier molecular flexibility index (Phi) is 3.95. The number of methoxy groups -OCH3 is 1. The average Bonchev–Trinajstić information content (AvgIpc) is 2.46. The molecule has 2 aromatic rings. The molecule has 0 fully saturated rings. The lowest BCUT2D eigenvalue weighted by molar-refractivity contribution is 0.0988. The van der Waals surface area contributed by atoms with Gasteiger partial charge in [0.2, 0.25) is 0 Å². The van der Waals surface area contributed by atoms with E-state index in [2.05, 4.69) is 0 Å². The lowest BCUT2D eigenvalue weighted by atomic mass is 10.00. The highest BCUT2D eigenvalue weighted by molar-refractivity contribution is 5.97. The van der Waals surface area contributed by atoms with Gasteiger partial charge in [-0.2, -0.15) is 0 Å². The first-order chi connectivity index (χ1) is 9.17. The van der Waals surface area contributed by atoms with Gasteiger partial charge >= 0.3 is 0 Å². The molecule has 0 spiro atoms. The number of halogens is 1. The summed E-state index contributed by atoms with van der Waals surface area (Å²) in [5, 5.41) is 0. The second-order valence-corrected chi connectivity index (χ2v) is 4.18. The topological polar surface area (TPSA) is 26.3 Å². The van der Waals surface area contributed by atoms with Crippen molar-refractivity contribution in [2.24, 2.45) is 0 Å². The minimum Gasteiger partial charge on any atom is -0.494 e. The number of Topliss-reactive ketones (excluding diaryl/α,β-unsaturated/α-hetero) is 1. The number of ketones is 1. The molecule has 0 saturated heterocycles. The molecule has 2 aromatic carbocycles. The first kappa shape index (κ1) is 13.3. The molecule has 19 heavy (non-hydrogen) atoms. The molecular formula is C16H15FO2. The Bertz CT molecular complexity index is 605. The summed E-state index contributed by atoms with van der Waals surface area (Å²) in [4.78, 5) is 11.7. The second kappa shape index (κ2) is 5.65. The fourth-order valence-corrected chi connectivity index (χ4v) is 1.96. The zero-order valence-electron chi connectivity index (χ0n) is 10.9. The molecule has 0 aromatic heterocycles. The third kappa shape index (κ3) is 2.65. The summed E-state index contributed by atoms with van der Waals surface area (Å²) >= 11 is 0. The molecule has 0 aliphatic rings. The quantitative estimate of drug-likeness (QED) is 0.772. The maximum Gasteiger partial charge on any atom is 0.172 e. The van der Waals surface area contributed by atoms with Gasteiger partial charge in [0.25, 0.3) is 0 Å². The van der Waals surface area contributed by atoms with Gasteiger partial charge in [-0.05, 0) is 17.7 Å². The highest BCUT2D eigenvalue weighted by atomic mass is 19.1. The zero-order valence-corrected chi connectivity index (χ0v) is 10.9. The molecule has 0 N–H and O–H groups in total. The van der Waals surface area contributed by atoms with Crippen LogP contribution in [0.15, 0.2) is 42.5 Å². The SMILES string of the molecule is CCC(=O)c1cccc(-c2cccc(OC)c2F)c1. The summed E-state index contributed by atoms with van der Waals surface area (Å²) in [6, 6.07) is 12.0. The summed E-state index contributed by atoms with van der Waals surface area (Å²) in [5.74, 6) is -0.166. The standard InChI is InChI=1S/C16H15FO2/c1-3-14(18)12-7-4-6-11(10-12)13-8-5-9-15(19-2)16(13)17/h4-10H,3H2,1-2H3. The van der Waals surface area contributed by atoms with Crippen LogP contribution in [-0.4, -0.2) is 12.9 Å². The largest absolute Gasteiger partial charge is 0.494 e. The normalized spacial score (nSPS) is 10.3. The van der Waals surface area contributed by atoms with Crippen LogP contribution in [0, 0.1) is 5.82 Å². The maximum atomic E-state index is 14.2. The van der Waals surface area contributed by atoms with Crippen LogP contribution in [0.2, 0.25) is 0 Å². The lowest BCUT2D eigenvalue weighted by Crippen LogP contribution is -1.97. The Morgan fingerprint density at radius 2 is 1.95 bits per heavy atom. The number of benzene rings is 2. The highest BCUT2D eigenvalue weighted by Gasteiger charge is 2.11. The van der Waals surface area contributed by atoms with Crippen LogP contribution in [-0.2, 0) is 0 Å². The first-order valence-corrected chi connectivity index (χ1v) is 6.13. The van der Waals surface area contributed by atoms with Crippen LogP contribution in [0.4, 0.5) is 4.39 Å². The molecular weight excluding hydrogens is 243 g/mol. The number of ether oxygens (including phenoxy) is 1. The molecule has 0 heterocycles. The van der Waals surface area contributed by atoms with E-state index in [1.54, 1.807) is 49.4 Å². The Morgan fingerprint density at radius 3 is 2.63 bits per heavy atom. The Hall–Kier alpha value is -2.16. The molecule has 3 heteroatoms. The van der Waals surface area contributed by atoms with Crippen molar-refractivity contribution in [2.45, 2.75) is 13.3 Å². The van der Waals surface area contributed by atoms with Crippen molar-refractivity contribution in [2.75, 3.05) is 7.11 Å². The van der Waals surface area contributed by atoms with Gasteiger partial charge in [-0.1, -0.05) is 37.3 Å². The van der Waals surface area contributed by atoms with Crippen LogP contribution in [0.25, 0.3) is 11.1 Å². The van der Waals surface area contributed by atoms with Crippen molar-refractivity contribution < 1.29 is 13.9 Å². The summed E-state index contributed by atoms with van der Waals surface area (Å²) in [6.45, 7) is 1.81. The van der Waals surface area contributed by atoms with E-state index < -0.39 is 5.82 Å². The van der Waals surface area contributed by atoms with E-state index in [0.29, 0.717) is 23.1 Å². The molecule has 0 bridgehead atoms. The fourth-order valence-electron chi connectivity index (χ4n) is 1.96. The number of hydrogen-bond donors (Lipinski definition) is 0. The smallest absolute Gasteiger partial charge is 0.172 e. The summed E-state index contributed by atoms with van der Waals surface area (Å²) in [7, 11) is 1.43. The van der Waals surface area contributed by atoms with E-state index in [-0.39, 0.29) is 11.5 Å². The van der Waals surface area contributed by atoms with Crippen molar-refractivity contribution in [3.05, 3.63) is 53.8 Å². The van der Waals surface area contributed by atoms with E-state index in [4.69, 9.17) is 4.74 Å². The molecule has 0 aliphatic heterocycles. The van der Waals surface area contributed by atoms with Crippen LogP contribution < -0.4 is 4.74 Å². The second-order valence-electron chi connectivity index (χ2n) is 4.18. The van der Waals surface area contributed by atoms with Gasteiger partial charge in [0.05, 0.1) is 7.11 Å². The monoisotopic (exact) mass is 258 g/mol. The summed E-state index contributed by atoms with van der Waals surface area (Å²) < 4.78 is 19.1. The van der Waals surface area contributed by atoms with Crippen molar-refractivity contribution in [1.82, 2.24) is 0 Å². The third-order valence-corrected chi connectivity index (χ3v) is 3.00. The van der Waals surface area contributed by atoms with E-state index in [0.717, 1.165) is 0 Å². The molecule has 98 valence electrons. The van der Waals surface area contributed by atoms with Gasteiger partial charge in [-0.25, -0.2) is 4.39 Å². The van der Waals surface area contributed by atoms with Crippen molar-refractivity contribution in [3.8, 4) is 16.9 Å². The summed E-state index contributed by atoms with van der Waals surface area (Å²) in [5.41, 5.74) is 1.71. The van der Waals surface area contributed by atoms with Gasteiger partial charge < -0.3 is 4.74 Å².